The Kier molecular flexibility index (Phi) is 8.46. The second kappa shape index (κ2) is 10.2. The number of anilines is 2. The van der Waals surface area contributed by atoms with E-state index in [-0.39, 0.29) is 24.8 Å². The molecule has 1 aromatic heterocycles. The van der Waals surface area contributed by atoms with Gasteiger partial charge in [-0.15, -0.1) is 24.8 Å². The summed E-state index contributed by atoms with van der Waals surface area (Å²) in [6, 6.07) is 7.42. The van der Waals surface area contributed by atoms with Crippen molar-refractivity contribution >= 4 is 59.8 Å². The number of aromatic nitrogens is 2. The maximum Gasteiger partial charge on any atom is 0.227 e. The van der Waals surface area contributed by atoms with Crippen molar-refractivity contribution in [2.24, 2.45) is 5.41 Å². The van der Waals surface area contributed by atoms with Crippen molar-refractivity contribution in [2.75, 3.05) is 36.4 Å². The van der Waals surface area contributed by atoms with Crippen molar-refractivity contribution in [3.63, 3.8) is 0 Å². The lowest BCUT2D eigenvalue weighted by Gasteiger charge is -2.38. The van der Waals surface area contributed by atoms with Gasteiger partial charge in [-0.2, -0.15) is 4.98 Å². The molecule has 2 aromatic rings. The largest absolute Gasteiger partial charge is 0.366 e. The molecule has 9 heteroatoms. The molecule has 2 fully saturated rings. The lowest BCUT2D eigenvalue weighted by atomic mass is 9.78. The van der Waals surface area contributed by atoms with Gasteiger partial charge in [0.1, 0.15) is 5.82 Å². The summed E-state index contributed by atoms with van der Waals surface area (Å²) in [6.45, 7) is 4.96. The zero-order valence-corrected chi connectivity index (χ0v) is 18.6. The molecule has 5 nitrogen and oxygen atoms in total. The molecule has 1 spiro atoms. The monoisotopic (exact) mass is 463 g/mol. The molecular formula is C19H25Cl4N5. The summed E-state index contributed by atoms with van der Waals surface area (Å²) >= 11 is 12.2. The lowest BCUT2D eigenvalue weighted by molar-refractivity contribution is 0.246. The normalized spacial score (nSPS) is 17.7. The minimum Gasteiger partial charge on any atom is -0.366 e. The summed E-state index contributed by atoms with van der Waals surface area (Å²) in [5.74, 6) is 1.61. The molecule has 154 valence electrons. The standard InChI is InChI=1S/C19H23Cl2N5.2ClH/c20-15-2-1-14(16(21)11-15)12-24-17-3-7-23-18(25-17)26-9-5-19(6-10-26)4-8-22-13-19;;/h1-3,7,11,22H,4-6,8-10,12-13H2,(H,23,24,25);2*1H. The Morgan fingerprint density at radius 2 is 1.89 bits per heavy atom. The molecule has 0 saturated carbocycles. The molecule has 0 aliphatic carbocycles. The van der Waals surface area contributed by atoms with Crippen LogP contribution >= 0.6 is 48.0 Å². The van der Waals surface area contributed by atoms with Crippen molar-refractivity contribution in [1.82, 2.24) is 15.3 Å². The third-order valence-corrected chi connectivity index (χ3v) is 6.14. The van der Waals surface area contributed by atoms with E-state index in [9.17, 15) is 0 Å². The van der Waals surface area contributed by atoms with Gasteiger partial charge in [0.05, 0.1) is 0 Å². The van der Waals surface area contributed by atoms with Crippen molar-refractivity contribution in [3.05, 3.63) is 46.1 Å². The maximum absolute atomic E-state index is 6.24. The third-order valence-electron chi connectivity index (χ3n) is 5.56. The first-order chi connectivity index (χ1) is 12.6. The predicted molar refractivity (Wildman–Crippen MR) is 122 cm³/mol. The van der Waals surface area contributed by atoms with E-state index >= 15 is 0 Å². The molecular weight excluding hydrogens is 440 g/mol. The number of hydrogen-bond donors (Lipinski definition) is 2. The Morgan fingerprint density at radius 3 is 2.57 bits per heavy atom. The van der Waals surface area contributed by atoms with E-state index in [0.717, 1.165) is 43.5 Å². The van der Waals surface area contributed by atoms with Crippen LogP contribution in [0.4, 0.5) is 11.8 Å². The van der Waals surface area contributed by atoms with Crippen LogP contribution in [0.15, 0.2) is 30.5 Å². The highest BCUT2D eigenvalue weighted by Gasteiger charge is 2.37. The number of nitrogens with one attached hydrogen (secondary N) is 2. The van der Waals surface area contributed by atoms with E-state index in [0.29, 0.717) is 22.0 Å². The van der Waals surface area contributed by atoms with Crippen LogP contribution in [0.1, 0.15) is 24.8 Å². The van der Waals surface area contributed by atoms with Gasteiger partial charge in [-0.05, 0) is 55.0 Å². The maximum atomic E-state index is 6.24. The summed E-state index contributed by atoms with van der Waals surface area (Å²) in [5, 5.41) is 8.14. The molecule has 2 aliphatic heterocycles. The Bertz CT molecular complexity index is 773. The zero-order valence-electron chi connectivity index (χ0n) is 15.5. The Labute approximate surface area is 188 Å². The fourth-order valence-corrected chi connectivity index (χ4v) is 4.33. The molecule has 2 saturated heterocycles. The van der Waals surface area contributed by atoms with Crippen LogP contribution in [-0.4, -0.2) is 36.1 Å². The number of rotatable bonds is 4. The van der Waals surface area contributed by atoms with Crippen molar-refractivity contribution in [2.45, 2.75) is 25.8 Å². The highest BCUT2D eigenvalue weighted by molar-refractivity contribution is 6.35. The van der Waals surface area contributed by atoms with Gasteiger partial charge in [0.15, 0.2) is 0 Å². The minimum atomic E-state index is 0. The van der Waals surface area contributed by atoms with Crippen LogP contribution in [0.2, 0.25) is 10.0 Å². The molecule has 0 amide bonds. The average Bonchev–Trinajstić information content (AvgIpc) is 3.10. The fraction of sp³-hybridized carbons (Fsp3) is 0.474. The van der Waals surface area contributed by atoms with E-state index in [1.54, 1.807) is 6.07 Å². The first-order valence-electron chi connectivity index (χ1n) is 9.10. The average molecular weight is 465 g/mol. The first kappa shape index (κ1) is 23.3. The fourth-order valence-electron chi connectivity index (χ4n) is 3.85. The molecule has 0 bridgehead atoms. The van der Waals surface area contributed by atoms with E-state index in [1.807, 2.05) is 24.4 Å². The van der Waals surface area contributed by atoms with Gasteiger partial charge in [0.25, 0.3) is 0 Å². The van der Waals surface area contributed by atoms with Crippen molar-refractivity contribution in [1.29, 1.82) is 0 Å². The van der Waals surface area contributed by atoms with Gasteiger partial charge in [-0.1, -0.05) is 29.3 Å². The van der Waals surface area contributed by atoms with Crippen LogP contribution in [0.3, 0.4) is 0 Å². The van der Waals surface area contributed by atoms with Crippen LogP contribution in [-0.2, 0) is 6.54 Å². The highest BCUT2D eigenvalue weighted by atomic mass is 35.5. The smallest absolute Gasteiger partial charge is 0.227 e. The second-order valence-corrected chi connectivity index (χ2v) is 8.09. The molecule has 0 atom stereocenters. The lowest BCUT2D eigenvalue weighted by Crippen LogP contribution is -2.41. The summed E-state index contributed by atoms with van der Waals surface area (Å²) in [5.41, 5.74) is 1.49. The van der Waals surface area contributed by atoms with Crippen LogP contribution < -0.4 is 15.5 Å². The summed E-state index contributed by atoms with van der Waals surface area (Å²) < 4.78 is 0. The van der Waals surface area contributed by atoms with Gasteiger partial charge < -0.3 is 15.5 Å². The quantitative estimate of drug-likeness (QED) is 0.679. The molecule has 1 aromatic carbocycles. The number of nitrogens with zero attached hydrogens (tertiary/aromatic N) is 3. The Hall–Kier alpha value is -0.980. The van der Waals surface area contributed by atoms with Crippen LogP contribution in [0.25, 0.3) is 0 Å². The number of hydrogen-bond acceptors (Lipinski definition) is 5. The zero-order chi connectivity index (χ0) is 18.0. The summed E-state index contributed by atoms with van der Waals surface area (Å²) in [4.78, 5) is 11.5. The van der Waals surface area contributed by atoms with Gasteiger partial charge in [0, 0.05) is 42.4 Å². The van der Waals surface area contributed by atoms with E-state index in [2.05, 4.69) is 20.5 Å². The number of halogens is 4. The van der Waals surface area contributed by atoms with Gasteiger partial charge in [0.2, 0.25) is 5.95 Å². The van der Waals surface area contributed by atoms with Gasteiger partial charge in [-0.3, -0.25) is 0 Å². The van der Waals surface area contributed by atoms with Crippen molar-refractivity contribution in [3.8, 4) is 0 Å². The number of benzene rings is 1. The SMILES string of the molecule is Cl.Cl.Clc1ccc(CNc2ccnc(N3CCC4(CCNC4)CC3)n2)c(Cl)c1. The molecule has 3 heterocycles. The van der Waals surface area contributed by atoms with Crippen LogP contribution in [0.5, 0.6) is 0 Å². The minimum absolute atomic E-state index is 0. The summed E-state index contributed by atoms with van der Waals surface area (Å²) in [7, 11) is 0. The van der Waals surface area contributed by atoms with Gasteiger partial charge in [-0.25, -0.2) is 4.98 Å². The van der Waals surface area contributed by atoms with Crippen LogP contribution in [0, 0.1) is 5.41 Å². The predicted octanol–water partition coefficient (Wildman–Crippen LogP) is 4.82. The Balaban J connectivity index is 0.00000140. The number of piperidine rings is 1. The summed E-state index contributed by atoms with van der Waals surface area (Å²) in [6.07, 6.45) is 5.53. The third kappa shape index (κ3) is 5.33. The highest BCUT2D eigenvalue weighted by Crippen LogP contribution is 2.37. The second-order valence-electron chi connectivity index (χ2n) is 7.24. The molecule has 4 rings (SSSR count). The topological polar surface area (TPSA) is 53.1 Å². The van der Waals surface area contributed by atoms with Crippen molar-refractivity contribution < 1.29 is 0 Å². The van der Waals surface area contributed by atoms with E-state index in [4.69, 9.17) is 28.2 Å². The van der Waals surface area contributed by atoms with Gasteiger partial charge >= 0.3 is 0 Å². The Morgan fingerprint density at radius 1 is 1.11 bits per heavy atom. The van der Waals surface area contributed by atoms with E-state index in [1.165, 1.54) is 19.3 Å². The molecule has 2 aliphatic rings. The molecule has 0 unspecified atom stereocenters. The molecule has 0 radical (unpaired) electrons. The molecule has 2 N–H and O–H groups in total. The van der Waals surface area contributed by atoms with E-state index < -0.39 is 0 Å². The molecule has 28 heavy (non-hydrogen) atoms. The first-order valence-corrected chi connectivity index (χ1v) is 9.86.